The van der Waals surface area contributed by atoms with Crippen LogP contribution in [0.5, 0.6) is 0 Å². The molecule has 3 rings (SSSR count). The first-order valence-electron chi connectivity index (χ1n) is 11.2. The molecule has 4 atom stereocenters. The number of amides is 1. The Morgan fingerprint density at radius 3 is 3.04 bits per heavy atom. The summed E-state index contributed by atoms with van der Waals surface area (Å²) in [6, 6.07) is -1.86. The number of rotatable bonds is 8. The summed E-state index contributed by atoms with van der Waals surface area (Å²) in [5.41, 5.74) is 0. The Labute approximate surface area is 163 Å². The van der Waals surface area contributed by atoms with Gasteiger partial charge in [0, 0.05) is 15.7 Å². The maximum Gasteiger partial charge on any atom is 0.323 e. The number of aromatic nitrogens is 4. The van der Waals surface area contributed by atoms with Crippen molar-refractivity contribution in [2.45, 2.75) is 57.9 Å². The molecule has 1 aliphatic heterocycles. The molecule has 0 aromatic carbocycles. The highest BCUT2D eigenvalue weighted by molar-refractivity contribution is 5.78. The van der Waals surface area contributed by atoms with Crippen molar-refractivity contribution in [2.75, 3.05) is 19.6 Å². The highest BCUT2D eigenvalue weighted by Gasteiger charge is 2.38. The lowest BCUT2D eigenvalue weighted by Crippen LogP contribution is -2.50. The molecule has 1 amide bonds. The average molecular weight is 381 g/mol. The number of nitrogens with zero attached hydrogens (tertiary/aromatic N) is 3. The molecular formula is C18H30N6O3. The molecule has 0 spiro atoms. The van der Waals surface area contributed by atoms with Crippen LogP contribution in [0.15, 0.2) is 0 Å². The second kappa shape index (κ2) is 9.77. The number of H-pyrrole nitrogens is 1. The van der Waals surface area contributed by atoms with Gasteiger partial charge in [-0.25, -0.2) is 0 Å². The highest BCUT2D eigenvalue weighted by Crippen LogP contribution is 2.40. The van der Waals surface area contributed by atoms with Crippen LogP contribution in [0, 0.1) is 17.8 Å². The number of aryl methyl sites for hydroxylation is 1. The first-order chi connectivity index (χ1) is 14.2. The molecule has 0 bridgehead atoms. The Kier molecular flexibility index (Phi) is 5.78. The van der Waals surface area contributed by atoms with Crippen molar-refractivity contribution < 1.29 is 18.4 Å². The number of piperidine rings is 1. The van der Waals surface area contributed by atoms with E-state index in [0.717, 1.165) is 19.3 Å². The van der Waals surface area contributed by atoms with E-state index in [-0.39, 0.29) is 37.2 Å². The van der Waals surface area contributed by atoms with Crippen molar-refractivity contribution in [3.05, 3.63) is 5.82 Å². The minimum absolute atomic E-state index is 0.0206. The van der Waals surface area contributed by atoms with Gasteiger partial charge in [-0.15, -0.1) is 10.2 Å². The van der Waals surface area contributed by atoms with E-state index in [0.29, 0.717) is 31.1 Å². The van der Waals surface area contributed by atoms with Gasteiger partial charge in [0.05, 0.1) is 7.79 Å². The van der Waals surface area contributed by atoms with Crippen molar-refractivity contribution in [1.29, 1.82) is 0 Å². The van der Waals surface area contributed by atoms with Gasteiger partial charge in [-0.05, 0) is 56.9 Å². The quantitative estimate of drug-likeness (QED) is 0.564. The highest BCUT2D eigenvalue weighted by atomic mass is 16.5. The molecule has 2 aliphatic rings. The Hall–Kier alpha value is -2.03. The van der Waals surface area contributed by atoms with E-state index in [1.807, 2.05) is 0 Å². The van der Waals surface area contributed by atoms with Gasteiger partial charge in [-0.3, -0.25) is 9.59 Å². The van der Waals surface area contributed by atoms with Crippen molar-refractivity contribution in [3.63, 3.8) is 0 Å². The normalized spacial score (nSPS) is 33.8. The van der Waals surface area contributed by atoms with Gasteiger partial charge >= 0.3 is 5.97 Å². The third-order valence-corrected chi connectivity index (χ3v) is 5.31. The summed E-state index contributed by atoms with van der Waals surface area (Å²) in [5.74, 6) is -0.393. The predicted molar refractivity (Wildman–Crippen MR) is 97.5 cm³/mol. The smallest absolute Gasteiger partial charge is 0.323 e. The van der Waals surface area contributed by atoms with Crippen molar-refractivity contribution in [1.82, 2.24) is 31.3 Å². The zero-order valence-electron chi connectivity index (χ0n) is 18.7. The fourth-order valence-corrected chi connectivity index (χ4v) is 3.90. The molecule has 0 unspecified atom stereocenters. The second-order valence-electron chi connectivity index (χ2n) is 7.20. The van der Waals surface area contributed by atoms with Crippen LogP contribution in [0.2, 0.25) is 0 Å². The summed E-state index contributed by atoms with van der Waals surface area (Å²) in [6.45, 7) is 0.333. The Balaban J connectivity index is 1.58. The number of hydrogen-bond donors (Lipinski definition) is 3. The average Bonchev–Trinajstić information content (AvgIpc) is 3.19. The number of ether oxygens (including phenoxy) is 1. The van der Waals surface area contributed by atoms with E-state index in [2.05, 4.69) is 31.3 Å². The number of fused-ring (bicyclic) bond motifs is 1. The molecule has 9 nitrogen and oxygen atoms in total. The van der Waals surface area contributed by atoms with Crippen LogP contribution in [-0.4, -0.2) is 58.2 Å². The Bertz CT molecular complexity index is 735. The van der Waals surface area contributed by atoms with Crippen LogP contribution < -0.4 is 10.6 Å². The minimum atomic E-state index is -1.86. The summed E-state index contributed by atoms with van der Waals surface area (Å²) >= 11 is 0. The first-order valence-corrected chi connectivity index (χ1v) is 9.69. The third-order valence-electron chi connectivity index (χ3n) is 5.31. The molecule has 1 aromatic heterocycles. The first kappa shape index (κ1) is 16.0. The Morgan fingerprint density at radius 1 is 1.37 bits per heavy atom. The van der Waals surface area contributed by atoms with Gasteiger partial charge < -0.3 is 15.4 Å². The largest absolute Gasteiger partial charge is 0.464 e. The van der Waals surface area contributed by atoms with Gasteiger partial charge in [0.2, 0.25) is 5.91 Å². The zero-order valence-corrected chi connectivity index (χ0v) is 15.7. The van der Waals surface area contributed by atoms with Crippen LogP contribution in [0.4, 0.5) is 0 Å². The summed E-state index contributed by atoms with van der Waals surface area (Å²) < 4.78 is 30.6. The SMILES string of the molecule is [2H]C1([2H])N[C@]([2H])(C(=O)OCCC(=O)NCC)C[C@H]2C[C@@H](CCc3nn[nH]n3)CC[C@H]21. The lowest BCUT2D eigenvalue weighted by Gasteiger charge is -2.42. The molecule has 1 saturated heterocycles. The summed E-state index contributed by atoms with van der Waals surface area (Å²) in [4.78, 5) is 24.1. The van der Waals surface area contributed by atoms with Crippen LogP contribution in [0.3, 0.4) is 0 Å². The summed E-state index contributed by atoms with van der Waals surface area (Å²) in [6.07, 6.45) is 4.10. The number of carbonyl (C=O) groups excluding carboxylic acids is 2. The summed E-state index contributed by atoms with van der Waals surface area (Å²) in [5, 5.41) is 19.1. The molecule has 1 aromatic rings. The van der Waals surface area contributed by atoms with Crippen molar-refractivity contribution in [2.24, 2.45) is 17.8 Å². The van der Waals surface area contributed by atoms with Crippen LogP contribution in [0.1, 0.15) is 55.4 Å². The number of hydrogen-bond acceptors (Lipinski definition) is 7. The van der Waals surface area contributed by atoms with Gasteiger partial charge in [0.25, 0.3) is 0 Å². The molecular weight excluding hydrogens is 348 g/mol. The van der Waals surface area contributed by atoms with E-state index in [4.69, 9.17) is 8.85 Å². The van der Waals surface area contributed by atoms with E-state index < -0.39 is 18.5 Å². The van der Waals surface area contributed by atoms with Gasteiger partial charge in [-0.1, -0.05) is 11.6 Å². The monoisotopic (exact) mass is 381 g/mol. The summed E-state index contributed by atoms with van der Waals surface area (Å²) in [7, 11) is 0. The Morgan fingerprint density at radius 2 is 2.26 bits per heavy atom. The standard InChI is InChI=1S/C18H30N6O3/c1-2-19-17(25)7-8-27-18(26)15-10-14-9-12(3-5-13(14)11-20-15)4-6-16-21-23-24-22-16/h12-15,20H,2-11H2,1H3,(H,19,25)(H,21,22,23,24)/t12-,13+,14-,15+/m1/s1/i11D2,15D. The lowest BCUT2D eigenvalue weighted by molar-refractivity contribution is -0.148. The van der Waals surface area contributed by atoms with E-state index in [9.17, 15) is 9.59 Å². The van der Waals surface area contributed by atoms with E-state index in [1.54, 1.807) is 6.92 Å². The number of nitrogens with one attached hydrogen (secondary N) is 3. The number of esters is 1. The van der Waals surface area contributed by atoms with Crippen LogP contribution in [0.25, 0.3) is 0 Å². The molecule has 0 radical (unpaired) electrons. The molecule has 3 N–H and O–H groups in total. The molecule has 1 saturated carbocycles. The number of aromatic amines is 1. The molecule has 2 fully saturated rings. The fraction of sp³-hybridized carbons (Fsp3) is 0.833. The predicted octanol–water partition coefficient (Wildman–Crippen LogP) is 0.596. The fourth-order valence-electron chi connectivity index (χ4n) is 3.90. The number of carbonyl (C=O) groups is 2. The van der Waals surface area contributed by atoms with E-state index >= 15 is 0 Å². The number of tetrazole rings is 1. The van der Waals surface area contributed by atoms with Gasteiger partial charge in [-0.2, -0.15) is 5.21 Å². The van der Waals surface area contributed by atoms with Crippen molar-refractivity contribution >= 4 is 11.9 Å². The molecule has 27 heavy (non-hydrogen) atoms. The van der Waals surface area contributed by atoms with Gasteiger partial charge in [0.15, 0.2) is 5.82 Å². The maximum atomic E-state index is 12.6. The molecule has 1 aliphatic carbocycles. The molecule has 9 heteroatoms. The lowest BCUT2D eigenvalue weighted by atomic mass is 9.69. The topological polar surface area (TPSA) is 122 Å². The van der Waals surface area contributed by atoms with Crippen LogP contribution >= 0.6 is 0 Å². The molecule has 2 heterocycles. The van der Waals surface area contributed by atoms with Crippen molar-refractivity contribution in [3.8, 4) is 0 Å². The van der Waals surface area contributed by atoms with Crippen LogP contribution in [-0.2, 0) is 20.7 Å². The van der Waals surface area contributed by atoms with E-state index in [1.165, 1.54) is 0 Å². The van der Waals surface area contributed by atoms with Gasteiger partial charge in [0.1, 0.15) is 12.6 Å². The molecule has 150 valence electrons. The second-order valence-corrected chi connectivity index (χ2v) is 7.20. The third kappa shape index (κ3) is 5.72. The minimum Gasteiger partial charge on any atom is -0.464 e. The zero-order chi connectivity index (χ0) is 21.8. The maximum absolute atomic E-state index is 12.6.